The van der Waals surface area contributed by atoms with Crippen molar-refractivity contribution in [3.63, 3.8) is 0 Å². The van der Waals surface area contributed by atoms with Crippen molar-refractivity contribution in [2.75, 3.05) is 18.6 Å². The van der Waals surface area contributed by atoms with E-state index in [0.29, 0.717) is 33.5 Å². The predicted octanol–water partition coefficient (Wildman–Crippen LogP) is 3.60. The molecule has 0 saturated heterocycles. The number of hydrogen-bond acceptors (Lipinski definition) is 3. The molecule has 1 aliphatic rings. The van der Waals surface area contributed by atoms with E-state index in [1.165, 1.54) is 11.1 Å². The van der Waals surface area contributed by atoms with E-state index in [0.717, 1.165) is 12.1 Å². The lowest BCUT2D eigenvalue weighted by Gasteiger charge is -2.26. The minimum absolute atomic E-state index is 0.0572. The normalized spacial score (nSPS) is 14.6. The van der Waals surface area contributed by atoms with E-state index < -0.39 is 11.7 Å². The average Bonchev–Trinajstić information content (AvgIpc) is 3.05. The maximum Gasteiger partial charge on any atom is 0.416 e. The largest absolute Gasteiger partial charge is 0.482 e. The van der Waals surface area contributed by atoms with Crippen molar-refractivity contribution in [3.8, 4) is 16.9 Å². The molecule has 1 N–H and O–H groups in total. The third-order valence-electron chi connectivity index (χ3n) is 4.24. The number of carbonyl (C=O) groups is 1. The van der Waals surface area contributed by atoms with Gasteiger partial charge in [-0.25, -0.2) is 0 Å². The van der Waals surface area contributed by atoms with E-state index in [1.54, 1.807) is 25.2 Å². The van der Waals surface area contributed by atoms with Gasteiger partial charge >= 0.3 is 6.18 Å². The molecule has 0 unspecified atom stereocenters. The molecular weight excluding hydrogens is 335 g/mol. The Kier molecular flexibility index (Phi) is 3.24. The maximum absolute atomic E-state index is 13.2. The van der Waals surface area contributed by atoms with Crippen LogP contribution in [0.2, 0.25) is 0 Å². The summed E-state index contributed by atoms with van der Waals surface area (Å²) >= 11 is 0. The first-order valence-electron chi connectivity index (χ1n) is 7.43. The summed E-state index contributed by atoms with van der Waals surface area (Å²) < 4.78 is 44.9. The number of halogens is 3. The van der Waals surface area contributed by atoms with E-state index in [9.17, 15) is 18.0 Å². The van der Waals surface area contributed by atoms with E-state index in [4.69, 9.17) is 4.74 Å². The van der Waals surface area contributed by atoms with Crippen LogP contribution in [-0.4, -0.2) is 29.8 Å². The van der Waals surface area contributed by atoms with Gasteiger partial charge in [0.25, 0.3) is 5.91 Å². The van der Waals surface area contributed by atoms with E-state index in [-0.39, 0.29) is 12.5 Å². The number of fused-ring (bicyclic) bond motifs is 2. The molecule has 0 aliphatic carbocycles. The van der Waals surface area contributed by atoms with Gasteiger partial charge in [-0.05, 0) is 35.4 Å². The van der Waals surface area contributed by atoms with Crippen LogP contribution >= 0.6 is 0 Å². The van der Waals surface area contributed by atoms with Crippen molar-refractivity contribution in [2.24, 2.45) is 0 Å². The highest BCUT2D eigenvalue weighted by molar-refractivity contribution is 6.00. The zero-order valence-corrected chi connectivity index (χ0v) is 13.0. The molecule has 0 spiro atoms. The summed E-state index contributed by atoms with van der Waals surface area (Å²) in [4.78, 5) is 13.2. The van der Waals surface area contributed by atoms with Gasteiger partial charge in [-0.2, -0.15) is 18.3 Å². The van der Waals surface area contributed by atoms with E-state index >= 15 is 0 Å². The van der Waals surface area contributed by atoms with Gasteiger partial charge in [0.2, 0.25) is 0 Å². The number of alkyl halides is 3. The van der Waals surface area contributed by atoms with Gasteiger partial charge in [0, 0.05) is 12.4 Å². The second kappa shape index (κ2) is 5.23. The highest BCUT2D eigenvalue weighted by atomic mass is 19.4. The fourth-order valence-corrected chi connectivity index (χ4v) is 2.89. The van der Waals surface area contributed by atoms with Crippen molar-refractivity contribution < 1.29 is 22.7 Å². The number of rotatable bonds is 1. The molecule has 2 aromatic carbocycles. The van der Waals surface area contributed by atoms with Crippen LogP contribution in [-0.2, 0) is 11.0 Å². The number of aromatic nitrogens is 2. The van der Waals surface area contributed by atoms with Gasteiger partial charge in [-0.1, -0.05) is 6.07 Å². The summed E-state index contributed by atoms with van der Waals surface area (Å²) in [6.07, 6.45) is -2.99. The molecule has 2 heterocycles. The summed E-state index contributed by atoms with van der Waals surface area (Å²) in [5, 5.41) is 6.99. The molecule has 3 aromatic rings. The van der Waals surface area contributed by atoms with Gasteiger partial charge in [-0.3, -0.25) is 9.89 Å². The van der Waals surface area contributed by atoms with Gasteiger partial charge in [0.05, 0.1) is 23.0 Å². The van der Waals surface area contributed by atoms with Crippen LogP contribution in [0.15, 0.2) is 36.5 Å². The molecule has 0 radical (unpaired) electrons. The molecule has 1 amide bonds. The average molecular weight is 347 g/mol. The molecule has 0 fully saturated rings. The Hall–Kier alpha value is -3.03. The Labute approximate surface area is 140 Å². The van der Waals surface area contributed by atoms with Crippen molar-refractivity contribution in [3.05, 3.63) is 42.1 Å². The van der Waals surface area contributed by atoms with Gasteiger partial charge in [0.15, 0.2) is 6.61 Å². The number of carbonyl (C=O) groups excluding carboxylic acids is 1. The number of anilines is 1. The van der Waals surface area contributed by atoms with Crippen LogP contribution in [0.3, 0.4) is 0 Å². The molecule has 128 valence electrons. The molecule has 0 saturated carbocycles. The Morgan fingerprint density at radius 1 is 1.24 bits per heavy atom. The second-order valence-electron chi connectivity index (χ2n) is 5.78. The molecule has 25 heavy (non-hydrogen) atoms. The van der Waals surface area contributed by atoms with Crippen molar-refractivity contribution in [1.82, 2.24) is 10.2 Å². The molecule has 8 heteroatoms. The fourth-order valence-electron chi connectivity index (χ4n) is 2.89. The summed E-state index contributed by atoms with van der Waals surface area (Å²) in [6, 6.07) is 7.09. The zero-order chi connectivity index (χ0) is 17.8. The van der Waals surface area contributed by atoms with Crippen LogP contribution in [0.1, 0.15) is 5.56 Å². The lowest BCUT2D eigenvalue weighted by molar-refractivity contribution is -0.137. The third kappa shape index (κ3) is 2.50. The lowest BCUT2D eigenvalue weighted by Crippen LogP contribution is -2.35. The van der Waals surface area contributed by atoms with Crippen molar-refractivity contribution in [1.29, 1.82) is 0 Å². The van der Waals surface area contributed by atoms with Gasteiger partial charge in [0.1, 0.15) is 5.75 Å². The standard InChI is InChI=1S/C17H12F3N3O2/c1-23-14-4-9(2-3-15(14)25-8-16(23)24)11-5-10(17(18,19)20)6-13-12(11)7-21-22-13/h2-7H,8H2,1H3,(H,21,22). The smallest absolute Gasteiger partial charge is 0.416 e. The number of hydrogen-bond donors (Lipinski definition) is 1. The number of benzene rings is 2. The Morgan fingerprint density at radius 2 is 2.04 bits per heavy atom. The minimum atomic E-state index is -4.47. The topological polar surface area (TPSA) is 58.2 Å². The van der Waals surface area contributed by atoms with Crippen molar-refractivity contribution >= 4 is 22.5 Å². The Balaban J connectivity index is 1.93. The minimum Gasteiger partial charge on any atom is -0.482 e. The SMILES string of the molecule is CN1C(=O)COc2ccc(-c3cc(C(F)(F)F)cc4[nH]ncc34)cc21. The lowest BCUT2D eigenvalue weighted by atomic mass is 9.98. The number of ether oxygens (including phenoxy) is 1. The molecule has 4 rings (SSSR count). The number of aromatic amines is 1. The van der Waals surface area contributed by atoms with Crippen LogP contribution < -0.4 is 9.64 Å². The van der Waals surface area contributed by atoms with Crippen molar-refractivity contribution in [2.45, 2.75) is 6.18 Å². The zero-order valence-electron chi connectivity index (χ0n) is 13.0. The molecule has 0 atom stereocenters. The first kappa shape index (κ1) is 15.5. The highest BCUT2D eigenvalue weighted by Crippen LogP contribution is 2.40. The van der Waals surface area contributed by atoms with Gasteiger partial charge in [-0.15, -0.1) is 0 Å². The summed E-state index contributed by atoms with van der Waals surface area (Å²) in [5.41, 5.74) is 0.970. The number of likely N-dealkylation sites (N-methyl/N-ethyl adjacent to an activating group) is 1. The second-order valence-corrected chi connectivity index (χ2v) is 5.78. The first-order chi connectivity index (χ1) is 11.8. The number of nitrogens with zero attached hydrogens (tertiary/aromatic N) is 2. The molecular formula is C17H12F3N3O2. The number of H-pyrrole nitrogens is 1. The Morgan fingerprint density at radius 3 is 2.80 bits per heavy atom. The quantitative estimate of drug-likeness (QED) is 0.732. The first-order valence-corrected chi connectivity index (χ1v) is 7.43. The number of amides is 1. The molecule has 1 aromatic heterocycles. The molecule has 5 nitrogen and oxygen atoms in total. The highest BCUT2D eigenvalue weighted by Gasteiger charge is 2.32. The maximum atomic E-state index is 13.2. The summed E-state index contributed by atoms with van der Waals surface area (Å²) in [6.45, 7) is -0.0572. The summed E-state index contributed by atoms with van der Waals surface area (Å²) in [7, 11) is 1.60. The molecule has 0 bridgehead atoms. The number of nitrogens with one attached hydrogen (secondary N) is 1. The van der Waals surface area contributed by atoms with Crippen LogP contribution in [0.4, 0.5) is 18.9 Å². The van der Waals surface area contributed by atoms with Crippen LogP contribution in [0, 0.1) is 0 Å². The van der Waals surface area contributed by atoms with Crippen LogP contribution in [0.25, 0.3) is 22.0 Å². The summed E-state index contributed by atoms with van der Waals surface area (Å²) in [5.74, 6) is 0.295. The fraction of sp³-hybridized carbons (Fsp3) is 0.176. The molecule has 1 aliphatic heterocycles. The monoisotopic (exact) mass is 347 g/mol. The third-order valence-corrected chi connectivity index (χ3v) is 4.24. The van der Waals surface area contributed by atoms with E-state index in [2.05, 4.69) is 10.2 Å². The Bertz CT molecular complexity index is 994. The van der Waals surface area contributed by atoms with E-state index in [1.807, 2.05) is 0 Å². The van der Waals surface area contributed by atoms with Crippen LogP contribution in [0.5, 0.6) is 5.75 Å². The predicted molar refractivity (Wildman–Crippen MR) is 85.4 cm³/mol. The van der Waals surface area contributed by atoms with Gasteiger partial charge < -0.3 is 9.64 Å².